The molecule has 0 saturated carbocycles. The van der Waals surface area contributed by atoms with Gasteiger partial charge in [-0.3, -0.25) is 4.72 Å². The van der Waals surface area contributed by atoms with Crippen LogP contribution in [0.3, 0.4) is 0 Å². The van der Waals surface area contributed by atoms with Crippen molar-refractivity contribution in [2.24, 2.45) is 0 Å². The monoisotopic (exact) mass is 367 g/mol. The second-order valence-corrected chi connectivity index (χ2v) is 7.59. The number of nitrogens with zero attached hydrogens (tertiary/aromatic N) is 2. The van der Waals surface area contributed by atoms with E-state index in [9.17, 15) is 8.42 Å². The molecule has 1 aromatic heterocycles. The predicted molar refractivity (Wildman–Crippen MR) is 105 cm³/mol. The average molecular weight is 367 g/mol. The number of aromatic nitrogens is 1. The first-order valence-corrected chi connectivity index (χ1v) is 9.86. The third-order valence-electron chi connectivity index (χ3n) is 3.96. The summed E-state index contributed by atoms with van der Waals surface area (Å²) in [4.78, 5) is 6.71. The molecule has 1 heterocycles. The van der Waals surface area contributed by atoms with Gasteiger partial charge in [-0.1, -0.05) is 30.3 Å². The quantitative estimate of drug-likeness (QED) is 0.704. The van der Waals surface area contributed by atoms with Gasteiger partial charge in [0, 0.05) is 12.2 Å². The lowest BCUT2D eigenvalue weighted by Crippen LogP contribution is -2.17. The van der Waals surface area contributed by atoms with E-state index in [0.29, 0.717) is 5.69 Å². The molecule has 0 aliphatic carbocycles. The third-order valence-corrected chi connectivity index (χ3v) is 5.34. The van der Waals surface area contributed by atoms with Crippen LogP contribution in [0.1, 0.15) is 12.5 Å². The Morgan fingerprint density at radius 3 is 2.38 bits per heavy atom. The Labute approximate surface area is 154 Å². The van der Waals surface area contributed by atoms with Crippen LogP contribution in [0.2, 0.25) is 0 Å². The lowest BCUT2D eigenvalue weighted by atomic mass is 10.2. The normalized spacial score (nSPS) is 11.2. The van der Waals surface area contributed by atoms with E-state index in [1.165, 1.54) is 6.20 Å². The molecular weight excluding hydrogens is 346 g/mol. The molecule has 0 spiro atoms. The van der Waals surface area contributed by atoms with E-state index in [2.05, 4.69) is 14.6 Å². The summed E-state index contributed by atoms with van der Waals surface area (Å²) in [5.41, 5.74) is 2.36. The molecule has 26 heavy (non-hydrogen) atoms. The Bertz CT molecular complexity index is 971. The first kappa shape index (κ1) is 17.9. The van der Waals surface area contributed by atoms with Crippen molar-refractivity contribution in [3.05, 3.63) is 78.5 Å². The lowest BCUT2D eigenvalue weighted by Gasteiger charge is -2.22. The van der Waals surface area contributed by atoms with Crippen LogP contribution < -0.4 is 9.62 Å². The number of aryl methyl sites for hydroxylation is 1. The number of hydrogen-bond donors (Lipinski definition) is 1. The van der Waals surface area contributed by atoms with Crippen LogP contribution in [0.5, 0.6) is 0 Å². The Kier molecular flexibility index (Phi) is 5.23. The fraction of sp³-hybridized carbons (Fsp3) is 0.150. The Morgan fingerprint density at radius 1 is 1.00 bits per heavy atom. The van der Waals surface area contributed by atoms with Crippen LogP contribution in [0.25, 0.3) is 0 Å². The maximum atomic E-state index is 12.5. The van der Waals surface area contributed by atoms with Crippen molar-refractivity contribution in [1.82, 2.24) is 4.98 Å². The van der Waals surface area contributed by atoms with Gasteiger partial charge >= 0.3 is 0 Å². The molecule has 1 N–H and O–H groups in total. The Hall–Kier alpha value is -2.86. The standard InChI is InChI=1S/C20H21N3O2S/c1-3-23(18-9-5-4-6-10-18)20-13-12-17(15-21-20)22-26(24,25)19-11-7-8-16(2)14-19/h4-15,22H,3H2,1-2H3. The summed E-state index contributed by atoms with van der Waals surface area (Å²) in [5, 5.41) is 0. The maximum Gasteiger partial charge on any atom is 0.261 e. The largest absolute Gasteiger partial charge is 0.327 e. The van der Waals surface area contributed by atoms with Crippen molar-refractivity contribution in [3.63, 3.8) is 0 Å². The smallest absolute Gasteiger partial charge is 0.261 e. The summed E-state index contributed by atoms with van der Waals surface area (Å²) in [7, 11) is -3.63. The van der Waals surface area contributed by atoms with E-state index < -0.39 is 10.0 Å². The number of sulfonamides is 1. The molecule has 0 unspecified atom stereocenters. The van der Waals surface area contributed by atoms with Gasteiger partial charge in [0.15, 0.2) is 0 Å². The lowest BCUT2D eigenvalue weighted by molar-refractivity contribution is 0.601. The fourth-order valence-electron chi connectivity index (χ4n) is 2.69. The molecule has 0 saturated heterocycles. The second-order valence-electron chi connectivity index (χ2n) is 5.91. The zero-order valence-electron chi connectivity index (χ0n) is 14.8. The highest BCUT2D eigenvalue weighted by Crippen LogP contribution is 2.24. The number of nitrogens with one attached hydrogen (secondary N) is 1. The van der Waals surface area contributed by atoms with Crippen LogP contribution in [-0.2, 0) is 10.0 Å². The molecule has 0 radical (unpaired) electrons. The van der Waals surface area contributed by atoms with E-state index in [0.717, 1.165) is 23.6 Å². The van der Waals surface area contributed by atoms with Gasteiger partial charge in [0.05, 0.1) is 16.8 Å². The number of anilines is 3. The predicted octanol–water partition coefficient (Wildman–Crippen LogP) is 4.35. The summed E-state index contributed by atoms with van der Waals surface area (Å²) in [6, 6.07) is 20.3. The third kappa shape index (κ3) is 4.03. The Balaban J connectivity index is 1.81. The van der Waals surface area contributed by atoms with Gasteiger partial charge in [-0.15, -0.1) is 0 Å². The van der Waals surface area contributed by atoms with E-state index in [-0.39, 0.29) is 4.90 Å². The van der Waals surface area contributed by atoms with Gasteiger partial charge in [-0.05, 0) is 55.8 Å². The minimum atomic E-state index is -3.63. The highest BCUT2D eigenvalue weighted by atomic mass is 32.2. The molecular formula is C20H21N3O2S. The minimum absolute atomic E-state index is 0.237. The van der Waals surface area contributed by atoms with Gasteiger partial charge in [0.2, 0.25) is 0 Å². The molecule has 3 aromatic rings. The molecule has 2 aromatic carbocycles. The van der Waals surface area contributed by atoms with Crippen molar-refractivity contribution in [1.29, 1.82) is 0 Å². The highest BCUT2D eigenvalue weighted by Gasteiger charge is 2.15. The molecule has 0 amide bonds. The van der Waals surface area contributed by atoms with Crippen LogP contribution in [0, 0.1) is 6.92 Å². The highest BCUT2D eigenvalue weighted by molar-refractivity contribution is 7.92. The van der Waals surface area contributed by atoms with Gasteiger partial charge in [-0.25, -0.2) is 13.4 Å². The molecule has 0 aliphatic rings. The molecule has 0 aliphatic heterocycles. The molecule has 0 fully saturated rings. The maximum absolute atomic E-state index is 12.5. The van der Waals surface area contributed by atoms with Crippen LogP contribution in [0.4, 0.5) is 17.2 Å². The number of pyridine rings is 1. The zero-order valence-corrected chi connectivity index (χ0v) is 15.6. The molecule has 134 valence electrons. The molecule has 3 rings (SSSR count). The van der Waals surface area contributed by atoms with E-state index in [4.69, 9.17) is 0 Å². The number of rotatable bonds is 6. The first-order chi connectivity index (χ1) is 12.5. The van der Waals surface area contributed by atoms with Crippen molar-refractivity contribution < 1.29 is 8.42 Å². The van der Waals surface area contributed by atoms with Gasteiger partial charge in [0.1, 0.15) is 5.82 Å². The zero-order chi connectivity index (χ0) is 18.6. The SMILES string of the molecule is CCN(c1ccccc1)c1ccc(NS(=O)(=O)c2cccc(C)c2)cn1. The molecule has 6 heteroatoms. The van der Waals surface area contributed by atoms with Crippen molar-refractivity contribution in [2.75, 3.05) is 16.2 Å². The van der Waals surface area contributed by atoms with Crippen molar-refractivity contribution in [3.8, 4) is 0 Å². The molecule has 0 atom stereocenters. The first-order valence-electron chi connectivity index (χ1n) is 8.38. The van der Waals surface area contributed by atoms with Crippen LogP contribution in [0.15, 0.2) is 77.8 Å². The number of hydrogen-bond acceptors (Lipinski definition) is 4. The summed E-state index contributed by atoms with van der Waals surface area (Å²) in [6.45, 7) is 4.66. The number of benzene rings is 2. The van der Waals surface area contributed by atoms with E-state index in [1.807, 2.05) is 56.3 Å². The van der Waals surface area contributed by atoms with Crippen molar-refractivity contribution in [2.45, 2.75) is 18.7 Å². The number of para-hydroxylation sites is 1. The topological polar surface area (TPSA) is 62.3 Å². The molecule has 5 nitrogen and oxygen atoms in total. The fourth-order valence-corrected chi connectivity index (χ4v) is 3.84. The van der Waals surface area contributed by atoms with E-state index in [1.54, 1.807) is 24.3 Å². The molecule has 0 bridgehead atoms. The van der Waals surface area contributed by atoms with Crippen LogP contribution >= 0.6 is 0 Å². The average Bonchev–Trinajstić information content (AvgIpc) is 2.64. The Morgan fingerprint density at radius 2 is 1.77 bits per heavy atom. The summed E-state index contributed by atoms with van der Waals surface area (Å²) in [5.74, 6) is 0.761. The van der Waals surface area contributed by atoms with Gasteiger partial charge in [-0.2, -0.15) is 0 Å². The summed E-state index contributed by atoms with van der Waals surface area (Å²) < 4.78 is 27.6. The minimum Gasteiger partial charge on any atom is -0.327 e. The summed E-state index contributed by atoms with van der Waals surface area (Å²) in [6.07, 6.45) is 1.54. The summed E-state index contributed by atoms with van der Waals surface area (Å²) >= 11 is 0. The van der Waals surface area contributed by atoms with Gasteiger partial charge < -0.3 is 4.90 Å². The van der Waals surface area contributed by atoms with E-state index >= 15 is 0 Å². The second kappa shape index (κ2) is 7.58. The van der Waals surface area contributed by atoms with Crippen molar-refractivity contribution >= 4 is 27.2 Å². The van der Waals surface area contributed by atoms with Gasteiger partial charge in [0.25, 0.3) is 10.0 Å². The van der Waals surface area contributed by atoms with Crippen LogP contribution in [-0.4, -0.2) is 19.9 Å².